The molecule has 0 aromatic heterocycles. The SMILES string of the molecule is CCCCCCCCCCCOC(=O)CCCCCN(CCCCCCCC(=O)OC(CCCCCCCC)CCCCCCCC)C(C)CNC(=O)CCC(N)O. The summed E-state index contributed by atoms with van der Waals surface area (Å²) < 4.78 is 11.5. The predicted molar refractivity (Wildman–Crippen MR) is 244 cm³/mol. The zero-order chi connectivity index (χ0) is 42.7. The first-order valence-electron chi connectivity index (χ1n) is 25.0. The summed E-state index contributed by atoms with van der Waals surface area (Å²) in [7, 11) is 0. The van der Waals surface area contributed by atoms with Crippen LogP contribution in [0.2, 0.25) is 0 Å². The molecule has 0 aliphatic carbocycles. The Bertz CT molecular complexity index is 903. The van der Waals surface area contributed by atoms with Crippen molar-refractivity contribution in [2.45, 2.75) is 271 Å². The fourth-order valence-corrected chi connectivity index (χ4v) is 7.67. The topological polar surface area (TPSA) is 131 Å². The number of hydrogen-bond acceptors (Lipinski definition) is 8. The van der Waals surface area contributed by atoms with E-state index in [0.29, 0.717) is 26.0 Å². The van der Waals surface area contributed by atoms with E-state index in [1.54, 1.807) is 0 Å². The summed E-state index contributed by atoms with van der Waals surface area (Å²) in [5, 5.41) is 12.4. The van der Waals surface area contributed by atoms with Gasteiger partial charge < -0.3 is 25.6 Å². The van der Waals surface area contributed by atoms with E-state index in [1.165, 1.54) is 109 Å². The summed E-state index contributed by atoms with van der Waals surface area (Å²) >= 11 is 0. The Kier molecular flexibility index (Phi) is 42.1. The highest BCUT2D eigenvalue weighted by molar-refractivity contribution is 5.75. The summed E-state index contributed by atoms with van der Waals surface area (Å²) in [6.45, 7) is 11.9. The van der Waals surface area contributed by atoms with Gasteiger partial charge in [-0.15, -0.1) is 0 Å². The molecule has 0 aromatic carbocycles. The maximum atomic E-state index is 12.8. The number of aliphatic hydroxyl groups is 1. The molecule has 2 atom stereocenters. The van der Waals surface area contributed by atoms with Crippen molar-refractivity contribution in [2.24, 2.45) is 5.73 Å². The second kappa shape index (κ2) is 43.4. The average molecular weight is 824 g/mol. The number of ether oxygens (including phenoxy) is 2. The molecular weight excluding hydrogens is 727 g/mol. The number of carbonyl (C=O) groups excluding carboxylic acids is 3. The molecule has 0 spiro atoms. The van der Waals surface area contributed by atoms with Gasteiger partial charge in [-0.1, -0.05) is 162 Å². The van der Waals surface area contributed by atoms with Crippen LogP contribution in [-0.4, -0.2) is 72.5 Å². The van der Waals surface area contributed by atoms with Crippen LogP contribution < -0.4 is 11.1 Å². The minimum Gasteiger partial charge on any atom is -0.466 e. The van der Waals surface area contributed by atoms with Gasteiger partial charge in [0, 0.05) is 31.8 Å². The van der Waals surface area contributed by atoms with E-state index >= 15 is 0 Å². The summed E-state index contributed by atoms with van der Waals surface area (Å²) in [6.07, 6.45) is 37.0. The van der Waals surface area contributed by atoms with Crippen molar-refractivity contribution in [3.8, 4) is 0 Å². The molecule has 0 fully saturated rings. The molecular formula is C49H97N3O6. The van der Waals surface area contributed by atoms with Crippen LogP contribution in [0.1, 0.15) is 252 Å². The van der Waals surface area contributed by atoms with Crippen molar-refractivity contribution in [1.82, 2.24) is 10.2 Å². The largest absolute Gasteiger partial charge is 0.466 e. The van der Waals surface area contributed by atoms with Gasteiger partial charge in [0.2, 0.25) is 5.91 Å². The van der Waals surface area contributed by atoms with Crippen LogP contribution in [0.4, 0.5) is 0 Å². The van der Waals surface area contributed by atoms with Gasteiger partial charge in [0.15, 0.2) is 0 Å². The van der Waals surface area contributed by atoms with Crippen molar-refractivity contribution in [3.05, 3.63) is 0 Å². The molecule has 9 heteroatoms. The summed E-state index contributed by atoms with van der Waals surface area (Å²) in [6, 6.07) is 0.170. The van der Waals surface area contributed by atoms with Crippen LogP contribution in [0.15, 0.2) is 0 Å². The fraction of sp³-hybridized carbons (Fsp3) is 0.939. The Morgan fingerprint density at radius 1 is 0.534 bits per heavy atom. The molecule has 58 heavy (non-hydrogen) atoms. The van der Waals surface area contributed by atoms with Gasteiger partial charge in [-0.2, -0.15) is 0 Å². The van der Waals surface area contributed by atoms with Gasteiger partial charge in [0.25, 0.3) is 0 Å². The number of rotatable bonds is 45. The number of nitrogens with one attached hydrogen (secondary N) is 1. The van der Waals surface area contributed by atoms with Crippen LogP contribution in [0.5, 0.6) is 0 Å². The molecule has 0 saturated carbocycles. The van der Waals surface area contributed by atoms with E-state index in [0.717, 1.165) is 103 Å². The van der Waals surface area contributed by atoms with Crippen molar-refractivity contribution in [2.75, 3.05) is 26.2 Å². The smallest absolute Gasteiger partial charge is 0.306 e. The summed E-state index contributed by atoms with van der Waals surface area (Å²) in [5.74, 6) is -0.187. The zero-order valence-electron chi connectivity index (χ0n) is 38.8. The molecule has 4 N–H and O–H groups in total. The van der Waals surface area contributed by atoms with Crippen molar-refractivity contribution in [1.29, 1.82) is 0 Å². The average Bonchev–Trinajstić information content (AvgIpc) is 3.20. The first kappa shape index (κ1) is 56.3. The fourth-order valence-electron chi connectivity index (χ4n) is 7.67. The molecule has 0 heterocycles. The summed E-state index contributed by atoms with van der Waals surface area (Å²) in [4.78, 5) is 39.9. The molecule has 2 unspecified atom stereocenters. The lowest BCUT2D eigenvalue weighted by molar-refractivity contribution is -0.150. The number of nitrogens with two attached hydrogens (primary N) is 1. The minimum atomic E-state index is -0.973. The third-order valence-corrected chi connectivity index (χ3v) is 11.6. The van der Waals surface area contributed by atoms with Crippen LogP contribution in [0.3, 0.4) is 0 Å². The molecule has 0 radical (unpaired) electrons. The monoisotopic (exact) mass is 824 g/mol. The van der Waals surface area contributed by atoms with E-state index in [9.17, 15) is 19.5 Å². The van der Waals surface area contributed by atoms with Crippen LogP contribution in [0.25, 0.3) is 0 Å². The number of esters is 2. The first-order valence-corrected chi connectivity index (χ1v) is 25.0. The second-order valence-corrected chi connectivity index (χ2v) is 17.4. The number of aliphatic hydroxyl groups excluding tert-OH is 1. The van der Waals surface area contributed by atoms with Gasteiger partial charge in [-0.05, 0) is 84.2 Å². The quantitative estimate of drug-likeness (QED) is 0.0314. The molecule has 0 saturated heterocycles. The molecule has 9 nitrogen and oxygen atoms in total. The third-order valence-electron chi connectivity index (χ3n) is 11.6. The highest BCUT2D eigenvalue weighted by Crippen LogP contribution is 2.19. The summed E-state index contributed by atoms with van der Waals surface area (Å²) in [5.41, 5.74) is 5.42. The van der Waals surface area contributed by atoms with E-state index in [1.807, 2.05) is 0 Å². The van der Waals surface area contributed by atoms with Crippen LogP contribution in [-0.2, 0) is 23.9 Å². The zero-order valence-corrected chi connectivity index (χ0v) is 38.8. The number of amides is 1. The Morgan fingerprint density at radius 3 is 1.45 bits per heavy atom. The first-order chi connectivity index (χ1) is 28.2. The van der Waals surface area contributed by atoms with Crippen LogP contribution >= 0.6 is 0 Å². The Hall–Kier alpha value is -1.71. The minimum absolute atomic E-state index is 0.0166. The molecule has 0 rings (SSSR count). The standard InChI is InChI=1S/C49H97N3O6/c1-5-8-11-14-17-18-19-25-33-42-57-48(55)36-30-26-32-41-52(44(4)43-51-47(54)39-38-46(50)53)40-31-24-20-23-29-37-49(56)58-45(34-27-21-15-12-9-6-2)35-28-22-16-13-10-7-3/h44-46,53H,5-43,50H2,1-4H3,(H,51,54). The van der Waals surface area contributed by atoms with E-state index in [2.05, 4.69) is 37.9 Å². The van der Waals surface area contributed by atoms with Gasteiger partial charge in [-0.3, -0.25) is 19.3 Å². The maximum absolute atomic E-state index is 12.8. The predicted octanol–water partition coefficient (Wildman–Crippen LogP) is 12.2. The molecule has 0 bridgehead atoms. The van der Waals surface area contributed by atoms with Crippen molar-refractivity contribution in [3.63, 3.8) is 0 Å². The molecule has 0 aliphatic heterocycles. The van der Waals surface area contributed by atoms with Gasteiger partial charge >= 0.3 is 11.9 Å². The van der Waals surface area contributed by atoms with Crippen molar-refractivity contribution >= 4 is 17.8 Å². The molecule has 1 amide bonds. The lowest BCUT2D eigenvalue weighted by Gasteiger charge is -2.29. The lowest BCUT2D eigenvalue weighted by Crippen LogP contribution is -2.43. The Balaban J connectivity index is 4.54. The highest BCUT2D eigenvalue weighted by atomic mass is 16.5. The van der Waals surface area contributed by atoms with E-state index in [4.69, 9.17) is 15.2 Å². The van der Waals surface area contributed by atoms with Gasteiger partial charge in [0.1, 0.15) is 12.3 Å². The van der Waals surface area contributed by atoms with Crippen LogP contribution in [0, 0.1) is 0 Å². The number of hydrogen-bond donors (Lipinski definition) is 3. The van der Waals surface area contributed by atoms with Crippen molar-refractivity contribution < 1.29 is 29.0 Å². The Labute approximate surface area is 358 Å². The van der Waals surface area contributed by atoms with Gasteiger partial charge in [0.05, 0.1) is 6.61 Å². The van der Waals surface area contributed by atoms with Gasteiger partial charge in [-0.25, -0.2) is 0 Å². The second-order valence-electron chi connectivity index (χ2n) is 17.4. The molecule has 344 valence electrons. The number of nitrogens with zero attached hydrogens (tertiary/aromatic N) is 1. The number of carbonyl (C=O) groups is 3. The molecule has 0 aromatic rings. The molecule has 0 aliphatic rings. The number of unbranched alkanes of at least 4 members (excludes halogenated alkanes) is 24. The normalized spacial score (nSPS) is 12.6. The highest BCUT2D eigenvalue weighted by Gasteiger charge is 2.17. The Morgan fingerprint density at radius 2 is 0.948 bits per heavy atom. The van der Waals surface area contributed by atoms with E-state index < -0.39 is 6.23 Å². The van der Waals surface area contributed by atoms with E-state index in [-0.39, 0.29) is 42.8 Å². The lowest BCUT2D eigenvalue weighted by atomic mass is 10.0. The maximum Gasteiger partial charge on any atom is 0.306 e. The third kappa shape index (κ3) is 39.7.